The van der Waals surface area contributed by atoms with Crippen molar-refractivity contribution in [2.45, 2.75) is 13.0 Å². The van der Waals surface area contributed by atoms with Crippen LogP contribution >= 0.6 is 0 Å². The van der Waals surface area contributed by atoms with Crippen LogP contribution < -0.4 is 0 Å². The molecule has 0 fully saturated rings. The summed E-state index contributed by atoms with van der Waals surface area (Å²) in [5.41, 5.74) is 0.811. The molecule has 1 rings (SSSR count). The van der Waals surface area contributed by atoms with Crippen molar-refractivity contribution in [3.8, 4) is 0 Å². The first kappa shape index (κ1) is 9.81. The standard InChI is InChI=1S/C11H14O2/c1-9(13-2)8-11(12)10-6-4-3-5-7-10/h3-9,12H,1-2H3. The largest absolute Gasteiger partial charge is 0.508 e. The Morgan fingerprint density at radius 2 is 2.00 bits per heavy atom. The summed E-state index contributed by atoms with van der Waals surface area (Å²) in [6.07, 6.45) is 1.61. The van der Waals surface area contributed by atoms with Crippen molar-refractivity contribution in [1.82, 2.24) is 0 Å². The molecule has 0 radical (unpaired) electrons. The molecule has 0 aromatic heterocycles. The molecule has 1 aromatic carbocycles. The highest BCUT2D eigenvalue weighted by atomic mass is 16.5. The Morgan fingerprint density at radius 1 is 1.38 bits per heavy atom. The van der Waals surface area contributed by atoms with Crippen molar-refractivity contribution in [3.63, 3.8) is 0 Å². The van der Waals surface area contributed by atoms with Crippen molar-refractivity contribution < 1.29 is 9.84 Å². The third kappa shape index (κ3) is 2.92. The fraction of sp³-hybridized carbons (Fsp3) is 0.273. The Kier molecular flexibility index (Phi) is 3.53. The second kappa shape index (κ2) is 4.67. The summed E-state index contributed by atoms with van der Waals surface area (Å²) in [7, 11) is 1.61. The van der Waals surface area contributed by atoms with Crippen molar-refractivity contribution in [2.75, 3.05) is 7.11 Å². The van der Waals surface area contributed by atoms with Gasteiger partial charge in [0.15, 0.2) is 0 Å². The van der Waals surface area contributed by atoms with Crippen LogP contribution in [0.3, 0.4) is 0 Å². The van der Waals surface area contributed by atoms with Gasteiger partial charge in [0.25, 0.3) is 0 Å². The molecule has 1 unspecified atom stereocenters. The molecule has 2 nitrogen and oxygen atoms in total. The van der Waals surface area contributed by atoms with Crippen LogP contribution in [0.25, 0.3) is 5.76 Å². The Labute approximate surface area is 78.5 Å². The highest BCUT2D eigenvalue weighted by Gasteiger charge is 2.00. The summed E-state index contributed by atoms with van der Waals surface area (Å²) in [5, 5.41) is 9.60. The van der Waals surface area contributed by atoms with Crippen LogP contribution in [0, 0.1) is 0 Å². The Balaban J connectivity index is 2.79. The van der Waals surface area contributed by atoms with Crippen molar-refractivity contribution in [1.29, 1.82) is 0 Å². The fourth-order valence-corrected chi connectivity index (χ4v) is 0.995. The zero-order chi connectivity index (χ0) is 9.68. The first-order valence-corrected chi connectivity index (χ1v) is 4.23. The van der Waals surface area contributed by atoms with E-state index in [1.54, 1.807) is 13.2 Å². The number of rotatable bonds is 3. The van der Waals surface area contributed by atoms with Gasteiger partial charge in [0.05, 0.1) is 6.10 Å². The van der Waals surface area contributed by atoms with Gasteiger partial charge >= 0.3 is 0 Å². The first-order valence-electron chi connectivity index (χ1n) is 4.23. The van der Waals surface area contributed by atoms with Crippen LogP contribution in [-0.4, -0.2) is 18.3 Å². The first-order chi connectivity index (χ1) is 6.24. The maximum absolute atomic E-state index is 9.60. The smallest absolute Gasteiger partial charge is 0.121 e. The molecule has 0 saturated carbocycles. The zero-order valence-corrected chi connectivity index (χ0v) is 7.90. The van der Waals surface area contributed by atoms with Gasteiger partial charge in [-0.2, -0.15) is 0 Å². The number of hydrogen-bond donors (Lipinski definition) is 1. The summed E-state index contributed by atoms with van der Waals surface area (Å²) >= 11 is 0. The van der Waals surface area contributed by atoms with E-state index < -0.39 is 0 Å². The van der Waals surface area contributed by atoms with E-state index in [-0.39, 0.29) is 11.9 Å². The van der Waals surface area contributed by atoms with E-state index >= 15 is 0 Å². The van der Waals surface area contributed by atoms with Gasteiger partial charge in [-0.3, -0.25) is 0 Å². The molecule has 0 saturated heterocycles. The average Bonchev–Trinajstić information content (AvgIpc) is 2.19. The molecule has 1 atom stereocenters. The van der Waals surface area contributed by atoms with Crippen LogP contribution in [0.4, 0.5) is 0 Å². The van der Waals surface area contributed by atoms with Crippen molar-refractivity contribution in [2.24, 2.45) is 0 Å². The van der Waals surface area contributed by atoms with Crippen molar-refractivity contribution in [3.05, 3.63) is 42.0 Å². The lowest BCUT2D eigenvalue weighted by molar-refractivity contribution is 0.155. The van der Waals surface area contributed by atoms with Gasteiger partial charge in [0, 0.05) is 12.7 Å². The lowest BCUT2D eigenvalue weighted by Crippen LogP contribution is -2.00. The van der Waals surface area contributed by atoms with Crippen LogP contribution in [-0.2, 0) is 4.74 Å². The molecule has 1 N–H and O–H groups in total. The van der Waals surface area contributed by atoms with E-state index in [1.807, 2.05) is 37.3 Å². The van der Waals surface area contributed by atoms with Crippen LogP contribution in [0.15, 0.2) is 36.4 Å². The van der Waals surface area contributed by atoms with E-state index in [0.29, 0.717) is 0 Å². The third-order valence-electron chi connectivity index (χ3n) is 1.83. The summed E-state index contributed by atoms with van der Waals surface area (Å²) in [6.45, 7) is 1.87. The number of aliphatic hydroxyl groups is 1. The zero-order valence-electron chi connectivity index (χ0n) is 7.90. The van der Waals surface area contributed by atoms with E-state index in [0.717, 1.165) is 5.56 Å². The molecule has 0 aliphatic heterocycles. The molecule has 0 aliphatic carbocycles. The Morgan fingerprint density at radius 3 is 2.54 bits per heavy atom. The Bertz CT molecular complexity index is 277. The monoisotopic (exact) mass is 178 g/mol. The lowest BCUT2D eigenvalue weighted by Gasteiger charge is -2.05. The second-order valence-corrected chi connectivity index (χ2v) is 2.86. The van der Waals surface area contributed by atoms with E-state index in [4.69, 9.17) is 4.74 Å². The number of methoxy groups -OCH3 is 1. The maximum Gasteiger partial charge on any atom is 0.121 e. The SMILES string of the molecule is COC(C)C=C(O)c1ccccc1. The van der Waals surface area contributed by atoms with Crippen LogP contribution in [0.1, 0.15) is 12.5 Å². The highest BCUT2D eigenvalue weighted by molar-refractivity contribution is 5.58. The van der Waals surface area contributed by atoms with Gasteiger partial charge in [0.1, 0.15) is 5.76 Å². The summed E-state index contributed by atoms with van der Waals surface area (Å²) in [4.78, 5) is 0. The number of benzene rings is 1. The fourth-order valence-electron chi connectivity index (χ4n) is 0.995. The Hall–Kier alpha value is -1.28. The van der Waals surface area contributed by atoms with Gasteiger partial charge in [-0.05, 0) is 13.0 Å². The molecule has 0 bridgehead atoms. The lowest BCUT2D eigenvalue weighted by atomic mass is 10.1. The van der Waals surface area contributed by atoms with Crippen LogP contribution in [0.2, 0.25) is 0 Å². The number of aliphatic hydroxyl groups excluding tert-OH is 1. The summed E-state index contributed by atoms with van der Waals surface area (Å²) in [5.74, 6) is 0.259. The molecule has 13 heavy (non-hydrogen) atoms. The molecular formula is C11H14O2. The van der Waals surface area contributed by atoms with E-state index in [1.165, 1.54) is 0 Å². The minimum absolute atomic E-state index is 0.0693. The predicted octanol–water partition coefficient (Wildman–Crippen LogP) is 2.62. The average molecular weight is 178 g/mol. The predicted molar refractivity (Wildman–Crippen MR) is 53.5 cm³/mol. The van der Waals surface area contributed by atoms with Crippen LogP contribution in [0.5, 0.6) is 0 Å². The van der Waals surface area contributed by atoms with E-state index in [9.17, 15) is 5.11 Å². The second-order valence-electron chi connectivity index (χ2n) is 2.86. The number of hydrogen-bond acceptors (Lipinski definition) is 2. The summed E-state index contributed by atoms with van der Waals surface area (Å²) in [6, 6.07) is 9.40. The van der Waals surface area contributed by atoms with Gasteiger partial charge in [-0.15, -0.1) is 0 Å². The molecular weight excluding hydrogens is 164 g/mol. The third-order valence-corrected chi connectivity index (χ3v) is 1.83. The molecule has 0 amide bonds. The molecule has 2 heteroatoms. The molecule has 0 heterocycles. The minimum Gasteiger partial charge on any atom is -0.508 e. The number of ether oxygens (including phenoxy) is 1. The normalized spacial score (nSPS) is 14.2. The van der Waals surface area contributed by atoms with Gasteiger partial charge in [-0.25, -0.2) is 0 Å². The van der Waals surface area contributed by atoms with E-state index in [2.05, 4.69) is 0 Å². The molecule has 1 aromatic rings. The quantitative estimate of drug-likeness (QED) is 0.721. The molecule has 0 aliphatic rings. The van der Waals surface area contributed by atoms with Gasteiger partial charge in [-0.1, -0.05) is 30.3 Å². The van der Waals surface area contributed by atoms with Gasteiger partial charge in [0.2, 0.25) is 0 Å². The maximum atomic E-state index is 9.60. The van der Waals surface area contributed by atoms with Gasteiger partial charge < -0.3 is 9.84 Å². The minimum atomic E-state index is -0.0693. The molecule has 70 valence electrons. The molecule has 0 spiro atoms. The van der Waals surface area contributed by atoms with Crippen molar-refractivity contribution >= 4 is 5.76 Å². The highest BCUT2D eigenvalue weighted by Crippen LogP contribution is 2.11. The summed E-state index contributed by atoms with van der Waals surface area (Å²) < 4.78 is 5.01. The topological polar surface area (TPSA) is 29.5 Å².